The second-order valence-electron chi connectivity index (χ2n) is 4.64. The van der Waals surface area contributed by atoms with Crippen LogP contribution in [0.25, 0.3) is 0 Å². The molecule has 1 aromatic rings. The van der Waals surface area contributed by atoms with Gasteiger partial charge < -0.3 is 9.57 Å². The number of rotatable bonds is 5. The predicted octanol–water partition coefficient (Wildman–Crippen LogP) is 3.65. The minimum absolute atomic E-state index is 0.434. The molecule has 3 heteroatoms. The highest BCUT2D eigenvalue weighted by Crippen LogP contribution is 2.22. The summed E-state index contributed by atoms with van der Waals surface area (Å²) in [5.41, 5.74) is 1.01. The maximum atomic E-state index is 5.30. The fourth-order valence-corrected chi connectivity index (χ4v) is 2.27. The minimum Gasteiger partial charge on any atom is -0.496 e. The van der Waals surface area contributed by atoms with Gasteiger partial charge in [0.05, 0.1) is 7.11 Å². The molecule has 0 amide bonds. The fraction of sp³-hybridized carbons (Fsp3) is 0.533. The van der Waals surface area contributed by atoms with E-state index in [1.807, 2.05) is 24.3 Å². The highest BCUT2D eigenvalue weighted by molar-refractivity contribution is 5.59. The topological polar surface area (TPSA) is 30.8 Å². The zero-order valence-electron chi connectivity index (χ0n) is 10.9. The first-order valence-corrected chi connectivity index (χ1v) is 6.59. The van der Waals surface area contributed by atoms with E-state index in [0.717, 1.165) is 11.3 Å². The average Bonchev–Trinajstić information content (AvgIpc) is 2.45. The van der Waals surface area contributed by atoms with Crippen LogP contribution in [0.1, 0.15) is 37.7 Å². The van der Waals surface area contributed by atoms with Crippen LogP contribution in [0.5, 0.6) is 5.75 Å². The van der Waals surface area contributed by atoms with Crippen LogP contribution in [0.4, 0.5) is 0 Å². The van der Waals surface area contributed by atoms with Crippen molar-refractivity contribution in [2.24, 2.45) is 11.1 Å². The lowest BCUT2D eigenvalue weighted by molar-refractivity contribution is 0.128. The zero-order valence-corrected chi connectivity index (χ0v) is 10.9. The molecule has 1 aliphatic carbocycles. The number of benzene rings is 1. The van der Waals surface area contributed by atoms with Crippen molar-refractivity contribution in [3.63, 3.8) is 0 Å². The Kier molecular flexibility index (Phi) is 5.06. The van der Waals surface area contributed by atoms with E-state index < -0.39 is 0 Å². The lowest BCUT2D eigenvalue weighted by Gasteiger charge is -2.15. The molecule has 1 aromatic carbocycles. The number of methoxy groups -OCH3 is 1. The quantitative estimate of drug-likeness (QED) is 0.586. The third-order valence-corrected chi connectivity index (χ3v) is 3.32. The van der Waals surface area contributed by atoms with Gasteiger partial charge in [-0.05, 0) is 18.9 Å². The molecule has 0 aliphatic heterocycles. The molecule has 1 radical (unpaired) electrons. The molecule has 1 aliphatic rings. The second-order valence-corrected chi connectivity index (χ2v) is 4.64. The molecular formula is C15H20NO2. The van der Waals surface area contributed by atoms with Crippen molar-refractivity contribution in [1.82, 2.24) is 0 Å². The van der Waals surface area contributed by atoms with E-state index in [1.54, 1.807) is 7.11 Å². The van der Waals surface area contributed by atoms with E-state index in [9.17, 15) is 0 Å². The summed E-state index contributed by atoms with van der Waals surface area (Å²) in [6.45, 7) is 0.434. The summed E-state index contributed by atoms with van der Waals surface area (Å²) < 4.78 is 5.25. The van der Waals surface area contributed by atoms with Crippen molar-refractivity contribution in [3.8, 4) is 5.75 Å². The molecule has 97 valence electrons. The standard InChI is InChI=1S/C15H20NO2/c1-17-15-10-6-5-9-14(15)12-18-16-11-13-7-3-2-4-8-13/h5-6,9-10,13H,2-4,7-8,12H2,1H3. The Morgan fingerprint density at radius 2 is 2.00 bits per heavy atom. The van der Waals surface area contributed by atoms with Gasteiger partial charge in [0.1, 0.15) is 18.6 Å². The maximum absolute atomic E-state index is 5.30. The molecule has 0 unspecified atom stereocenters. The first-order valence-electron chi connectivity index (χ1n) is 6.59. The van der Waals surface area contributed by atoms with E-state index >= 15 is 0 Å². The predicted molar refractivity (Wildman–Crippen MR) is 71.8 cm³/mol. The Balaban J connectivity index is 1.78. The first-order chi connectivity index (χ1) is 8.90. The number of ether oxygens (including phenoxy) is 1. The fourth-order valence-electron chi connectivity index (χ4n) is 2.27. The molecule has 0 atom stereocenters. The summed E-state index contributed by atoms with van der Waals surface area (Å²) >= 11 is 0. The van der Waals surface area contributed by atoms with E-state index in [0.29, 0.717) is 12.5 Å². The van der Waals surface area contributed by atoms with Crippen molar-refractivity contribution in [1.29, 1.82) is 0 Å². The Morgan fingerprint density at radius 1 is 1.22 bits per heavy atom. The van der Waals surface area contributed by atoms with Crippen molar-refractivity contribution >= 4 is 6.21 Å². The van der Waals surface area contributed by atoms with E-state index in [1.165, 1.54) is 32.1 Å². The van der Waals surface area contributed by atoms with E-state index in [4.69, 9.17) is 9.57 Å². The SMILES string of the molecule is COc1ccccc1CO/N=[C]\C1CCCCC1. The van der Waals surface area contributed by atoms with Gasteiger partial charge in [0, 0.05) is 11.5 Å². The summed E-state index contributed by atoms with van der Waals surface area (Å²) in [5.74, 6) is 1.32. The molecule has 0 saturated heterocycles. The zero-order chi connectivity index (χ0) is 12.6. The molecule has 0 bridgehead atoms. The minimum atomic E-state index is 0.434. The van der Waals surface area contributed by atoms with Crippen LogP contribution in [0.2, 0.25) is 0 Å². The highest BCUT2D eigenvalue weighted by atomic mass is 16.6. The van der Waals surface area contributed by atoms with Crippen LogP contribution in [-0.2, 0) is 11.4 Å². The average molecular weight is 246 g/mol. The molecule has 18 heavy (non-hydrogen) atoms. The maximum Gasteiger partial charge on any atom is 0.145 e. The summed E-state index contributed by atoms with van der Waals surface area (Å²) in [6, 6.07) is 7.82. The smallest absolute Gasteiger partial charge is 0.145 e. The van der Waals surface area contributed by atoms with Crippen molar-refractivity contribution < 1.29 is 9.57 Å². The monoisotopic (exact) mass is 246 g/mol. The summed E-state index contributed by atoms with van der Waals surface area (Å²) in [4.78, 5) is 5.30. The number of hydrogen-bond acceptors (Lipinski definition) is 3. The Morgan fingerprint density at radius 3 is 2.78 bits per heavy atom. The van der Waals surface area contributed by atoms with Crippen LogP contribution in [0.3, 0.4) is 0 Å². The Labute approximate surface area is 109 Å². The van der Waals surface area contributed by atoms with Gasteiger partial charge in [0.15, 0.2) is 0 Å². The van der Waals surface area contributed by atoms with Crippen molar-refractivity contribution in [3.05, 3.63) is 29.8 Å². The largest absolute Gasteiger partial charge is 0.496 e. The van der Waals surface area contributed by atoms with E-state index in [-0.39, 0.29) is 0 Å². The number of nitrogens with zero attached hydrogens (tertiary/aromatic N) is 1. The third kappa shape index (κ3) is 3.76. The highest BCUT2D eigenvalue weighted by Gasteiger charge is 2.11. The number of hydrogen-bond donors (Lipinski definition) is 0. The van der Waals surface area contributed by atoms with Gasteiger partial charge in [-0.2, -0.15) is 0 Å². The van der Waals surface area contributed by atoms with Gasteiger partial charge in [-0.15, -0.1) is 0 Å². The van der Waals surface area contributed by atoms with Gasteiger partial charge in [-0.3, -0.25) is 0 Å². The van der Waals surface area contributed by atoms with Crippen LogP contribution in [0.15, 0.2) is 29.4 Å². The summed E-state index contributed by atoms with van der Waals surface area (Å²) in [7, 11) is 1.66. The van der Waals surface area contributed by atoms with E-state index in [2.05, 4.69) is 11.4 Å². The molecule has 1 saturated carbocycles. The van der Waals surface area contributed by atoms with Gasteiger partial charge in [-0.25, -0.2) is 0 Å². The van der Waals surface area contributed by atoms with Crippen LogP contribution in [-0.4, -0.2) is 13.3 Å². The van der Waals surface area contributed by atoms with Gasteiger partial charge in [0.2, 0.25) is 0 Å². The third-order valence-electron chi connectivity index (χ3n) is 3.32. The molecule has 0 heterocycles. The first kappa shape index (κ1) is 12.9. The van der Waals surface area contributed by atoms with Gasteiger partial charge in [0.25, 0.3) is 0 Å². The lowest BCUT2D eigenvalue weighted by atomic mass is 9.90. The van der Waals surface area contributed by atoms with Crippen molar-refractivity contribution in [2.45, 2.75) is 38.7 Å². The normalized spacial score (nSPS) is 16.9. The Hall–Kier alpha value is -1.51. The van der Waals surface area contributed by atoms with Crippen LogP contribution in [0, 0.1) is 5.92 Å². The molecule has 1 fully saturated rings. The lowest BCUT2D eigenvalue weighted by Crippen LogP contribution is -2.07. The molecule has 0 aromatic heterocycles. The summed E-state index contributed by atoms with van der Waals surface area (Å²) in [5, 5.41) is 3.96. The molecule has 0 spiro atoms. The van der Waals surface area contributed by atoms with Gasteiger partial charge in [-0.1, -0.05) is 42.6 Å². The van der Waals surface area contributed by atoms with Crippen LogP contribution < -0.4 is 4.74 Å². The number of para-hydroxylation sites is 1. The summed E-state index contributed by atoms with van der Waals surface area (Å²) in [6.07, 6.45) is 9.41. The van der Waals surface area contributed by atoms with Crippen molar-refractivity contribution in [2.75, 3.05) is 7.11 Å². The Bertz CT molecular complexity index is 384. The second kappa shape index (κ2) is 7.04. The van der Waals surface area contributed by atoms with Gasteiger partial charge >= 0.3 is 0 Å². The molecular weight excluding hydrogens is 226 g/mol. The molecule has 3 nitrogen and oxygen atoms in total. The van der Waals surface area contributed by atoms with Crippen LogP contribution >= 0.6 is 0 Å². The molecule has 2 rings (SSSR count). The molecule has 0 N–H and O–H groups in total.